The average molecular weight is 347 g/mol. The zero-order chi connectivity index (χ0) is 16.6. The number of nitrogens with one attached hydrogen (secondary N) is 1. The van der Waals surface area contributed by atoms with Crippen LogP contribution in [0.2, 0.25) is 10.0 Å². The van der Waals surface area contributed by atoms with Crippen molar-refractivity contribution in [3.8, 4) is 5.69 Å². The molecule has 0 aliphatic carbocycles. The number of para-hydroxylation sites is 1. The summed E-state index contributed by atoms with van der Waals surface area (Å²) in [6, 6.07) is 14.1. The fraction of sp³-hybridized carbons (Fsp3) is 0.0588. The SMILES string of the molecule is CNC(=O)c1c(Cl)c2ccc(Cl)cc2n(-c2ccccc2)c1=O. The number of aromatic nitrogens is 1. The molecule has 116 valence electrons. The van der Waals surface area contributed by atoms with Crippen LogP contribution < -0.4 is 10.9 Å². The average Bonchev–Trinajstić information content (AvgIpc) is 2.55. The number of hydrogen-bond acceptors (Lipinski definition) is 2. The minimum Gasteiger partial charge on any atom is -0.355 e. The summed E-state index contributed by atoms with van der Waals surface area (Å²) in [5.74, 6) is -0.526. The van der Waals surface area contributed by atoms with E-state index in [2.05, 4.69) is 5.32 Å². The van der Waals surface area contributed by atoms with Gasteiger partial charge in [-0.05, 0) is 30.3 Å². The number of fused-ring (bicyclic) bond motifs is 1. The van der Waals surface area contributed by atoms with Gasteiger partial charge in [-0.1, -0.05) is 41.4 Å². The van der Waals surface area contributed by atoms with E-state index in [1.165, 1.54) is 11.6 Å². The van der Waals surface area contributed by atoms with Crippen molar-refractivity contribution in [2.24, 2.45) is 0 Å². The van der Waals surface area contributed by atoms with Crippen molar-refractivity contribution in [1.82, 2.24) is 9.88 Å². The fourth-order valence-electron chi connectivity index (χ4n) is 2.48. The molecule has 1 N–H and O–H groups in total. The van der Waals surface area contributed by atoms with Crippen molar-refractivity contribution in [2.45, 2.75) is 0 Å². The van der Waals surface area contributed by atoms with Gasteiger partial charge in [0.1, 0.15) is 5.56 Å². The van der Waals surface area contributed by atoms with E-state index in [-0.39, 0.29) is 10.6 Å². The molecule has 0 saturated heterocycles. The van der Waals surface area contributed by atoms with Gasteiger partial charge in [0, 0.05) is 23.1 Å². The van der Waals surface area contributed by atoms with E-state index in [0.29, 0.717) is 21.6 Å². The lowest BCUT2D eigenvalue weighted by atomic mass is 10.1. The second-order valence-corrected chi connectivity index (χ2v) is 5.72. The predicted octanol–water partition coefficient (Wildman–Crippen LogP) is 3.66. The number of hydrogen-bond donors (Lipinski definition) is 1. The van der Waals surface area contributed by atoms with Crippen molar-refractivity contribution in [3.05, 3.63) is 74.5 Å². The molecule has 0 aliphatic rings. The first kappa shape index (κ1) is 15.6. The Hall–Kier alpha value is -2.30. The molecule has 0 radical (unpaired) electrons. The summed E-state index contributed by atoms with van der Waals surface area (Å²) in [6.45, 7) is 0. The molecule has 2 aromatic carbocycles. The minimum absolute atomic E-state index is 0.0900. The van der Waals surface area contributed by atoms with E-state index >= 15 is 0 Å². The number of benzene rings is 2. The highest BCUT2D eigenvalue weighted by Crippen LogP contribution is 2.29. The van der Waals surface area contributed by atoms with Gasteiger partial charge >= 0.3 is 0 Å². The summed E-state index contributed by atoms with van der Waals surface area (Å²) in [4.78, 5) is 25.0. The van der Waals surface area contributed by atoms with E-state index < -0.39 is 11.5 Å². The van der Waals surface area contributed by atoms with Crippen molar-refractivity contribution >= 4 is 40.0 Å². The number of nitrogens with zero attached hydrogens (tertiary/aromatic N) is 1. The highest BCUT2D eigenvalue weighted by molar-refractivity contribution is 6.39. The Kier molecular flexibility index (Phi) is 4.11. The van der Waals surface area contributed by atoms with Crippen molar-refractivity contribution in [1.29, 1.82) is 0 Å². The smallest absolute Gasteiger partial charge is 0.270 e. The molecular weight excluding hydrogens is 335 g/mol. The molecule has 1 aromatic heterocycles. The number of carbonyl (C=O) groups excluding carboxylic acids is 1. The molecule has 0 fully saturated rings. The van der Waals surface area contributed by atoms with Gasteiger partial charge in [-0.25, -0.2) is 0 Å². The maximum atomic E-state index is 12.9. The van der Waals surface area contributed by atoms with Gasteiger partial charge in [-0.15, -0.1) is 0 Å². The lowest BCUT2D eigenvalue weighted by molar-refractivity contribution is 0.0961. The van der Waals surface area contributed by atoms with Crippen LogP contribution in [0.5, 0.6) is 0 Å². The molecule has 23 heavy (non-hydrogen) atoms. The number of amides is 1. The van der Waals surface area contributed by atoms with Crippen molar-refractivity contribution in [3.63, 3.8) is 0 Å². The summed E-state index contributed by atoms with van der Waals surface area (Å²) < 4.78 is 1.44. The first-order valence-electron chi connectivity index (χ1n) is 6.86. The summed E-state index contributed by atoms with van der Waals surface area (Å²) in [7, 11) is 1.46. The van der Waals surface area contributed by atoms with Crippen LogP contribution >= 0.6 is 23.2 Å². The molecule has 3 rings (SSSR count). The molecule has 1 heterocycles. The molecule has 3 aromatic rings. The third kappa shape index (κ3) is 2.60. The van der Waals surface area contributed by atoms with Gasteiger partial charge in [0.25, 0.3) is 11.5 Å². The maximum Gasteiger partial charge on any atom is 0.270 e. The van der Waals surface area contributed by atoms with Gasteiger partial charge in [-0.3, -0.25) is 14.2 Å². The van der Waals surface area contributed by atoms with Crippen LogP contribution in [0.4, 0.5) is 0 Å². The second-order valence-electron chi connectivity index (χ2n) is 4.91. The molecule has 0 atom stereocenters. The lowest BCUT2D eigenvalue weighted by Gasteiger charge is -2.14. The third-order valence-electron chi connectivity index (χ3n) is 3.54. The molecule has 0 aliphatic heterocycles. The number of carbonyl (C=O) groups is 1. The topological polar surface area (TPSA) is 51.1 Å². The van der Waals surface area contributed by atoms with Crippen LogP contribution in [0.1, 0.15) is 10.4 Å². The minimum atomic E-state index is -0.526. The number of pyridine rings is 1. The van der Waals surface area contributed by atoms with Gasteiger partial charge in [0.05, 0.1) is 10.5 Å². The van der Waals surface area contributed by atoms with E-state index in [0.717, 1.165) is 0 Å². The lowest BCUT2D eigenvalue weighted by Crippen LogP contribution is -2.31. The Bertz CT molecular complexity index is 966. The van der Waals surface area contributed by atoms with E-state index in [9.17, 15) is 9.59 Å². The summed E-state index contributed by atoms with van der Waals surface area (Å²) >= 11 is 12.4. The van der Waals surface area contributed by atoms with Crippen LogP contribution in [0, 0.1) is 0 Å². The number of halogens is 2. The molecule has 4 nitrogen and oxygen atoms in total. The Morgan fingerprint density at radius 1 is 1.09 bits per heavy atom. The van der Waals surface area contributed by atoms with Crippen LogP contribution in [0.25, 0.3) is 16.6 Å². The first-order chi connectivity index (χ1) is 11.0. The van der Waals surface area contributed by atoms with E-state index in [1.807, 2.05) is 18.2 Å². The van der Waals surface area contributed by atoms with Gasteiger partial charge in [0.2, 0.25) is 0 Å². The van der Waals surface area contributed by atoms with Crippen LogP contribution in [0.15, 0.2) is 53.3 Å². The standard InChI is InChI=1S/C17H12Cl2N2O2/c1-20-16(22)14-15(19)12-8-7-10(18)9-13(12)21(17(14)23)11-5-3-2-4-6-11/h2-9H,1H3,(H,20,22). The zero-order valence-corrected chi connectivity index (χ0v) is 13.7. The fourth-order valence-corrected chi connectivity index (χ4v) is 2.97. The summed E-state index contributed by atoms with van der Waals surface area (Å²) in [6.07, 6.45) is 0. The molecule has 0 spiro atoms. The first-order valence-corrected chi connectivity index (χ1v) is 7.61. The largest absolute Gasteiger partial charge is 0.355 e. The molecule has 0 saturated carbocycles. The molecular formula is C17H12Cl2N2O2. The van der Waals surface area contributed by atoms with Crippen LogP contribution in [-0.2, 0) is 0 Å². The summed E-state index contributed by atoms with van der Waals surface area (Å²) in [5.41, 5.74) is 0.598. The maximum absolute atomic E-state index is 12.9. The van der Waals surface area contributed by atoms with Gasteiger partial charge in [0.15, 0.2) is 0 Å². The molecule has 6 heteroatoms. The molecule has 0 unspecified atom stereocenters. The number of rotatable bonds is 2. The Morgan fingerprint density at radius 2 is 1.78 bits per heavy atom. The normalized spacial score (nSPS) is 10.7. The predicted molar refractivity (Wildman–Crippen MR) is 93.0 cm³/mol. The Balaban J connectivity index is 2.53. The van der Waals surface area contributed by atoms with Crippen molar-refractivity contribution in [2.75, 3.05) is 7.05 Å². The quantitative estimate of drug-likeness (QED) is 0.769. The Labute approximate surface area is 142 Å². The molecule has 0 bridgehead atoms. The zero-order valence-electron chi connectivity index (χ0n) is 12.1. The van der Waals surface area contributed by atoms with E-state index in [4.69, 9.17) is 23.2 Å². The second kappa shape index (κ2) is 6.07. The van der Waals surface area contributed by atoms with E-state index in [1.54, 1.807) is 30.3 Å². The van der Waals surface area contributed by atoms with Crippen molar-refractivity contribution < 1.29 is 4.79 Å². The monoisotopic (exact) mass is 346 g/mol. The Morgan fingerprint density at radius 3 is 2.43 bits per heavy atom. The van der Waals surface area contributed by atoms with Gasteiger partial charge in [-0.2, -0.15) is 0 Å². The van der Waals surface area contributed by atoms with Gasteiger partial charge < -0.3 is 5.32 Å². The van der Waals surface area contributed by atoms with Crippen LogP contribution in [0.3, 0.4) is 0 Å². The van der Waals surface area contributed by atoms with Crippen LogP contribution in [-0.4, -0.2) is 17.5 Å². The highest BCUT2D eigenvalue weighted by atomic mass is 35.5. The summed E-state index contributed by atoms with van der Waals surface area (Å²) in [5, 5.41) is 3.63. The third-order valence-corrected chi connectivity index (χ3v) is 4.17. The highest BCUT2D eigenvalue weighted by Gasteiger charge is 2.21. The molecule has 1 amide bonds.